The molecule has 174 valence electrons. The molecule has 0 spiro atoms. The average Bonchev–Trinajstić information content (AvgIpc) is 2.65. The molecule has 6 unspecified atom stereocenters. The Balaban J connectivity index is 5.42. The van der Waals surface area contributed by atoms with E-state index < -0.39 is 54.0 Å². The molecule has 6 atom stereocenters. The van der Waals surface area contributed by atoms with Crippen LogP contribution in [-0.4, -0.2) is 64.2 Å². The largest absolute Gasteiger partial charge is 0.480 e. The Kier molecular flexibility index (Phi) is 11.6. The molecule has 30 heavy (non-hydrogen) atoms. The highest BCUT2D eigenvalue weighted by molar-refractivity contribution is 5.94. The molecular formula is C20H38N4O6. The highest BCUT2D eigenvalue weighted by atomic mass is 16.4. The van der Waals surface area contributed by atoms with Crippen LogP contribution in [0.2, 0.25) is 0 Å². The minimum atomic E-state index is -1.32. The lowest BCUT2D eigenvalue weighted by molar-refractivity contribution is -0.144. The molecule has 0 fully saturated rings. The first kappa shape index (κ1) is 27.8. The quantitative estimate of drug-likeness (QED) is 0.244. The van der Waals surface area contributed by atoms with Crippen LogP contribution in [0.25, 0.3) is 0 Å². The fourth-order valence-corrected chi connectivity index (χ4v) is 2.66. The third kappa shape index (κ3) is 8.27. The standard InChI is InChI=1S/C20H38N4O6/c1-8-11(6)15(20(29)30)23-18(27)14(10(4)5)22-19(28)16(12(7)25)24-17(26)13(21)9(2)3/h9-16,25H,8,21H2,1-7H3,(H,22,28)(H,23,27)(H,24,26)(H,29,30). The van der Waals surface area contributed by atoms with Gasteiger partial charge < -0.3 is 31.9 Å². The average molecular weight is 431 g/mol. The SMILES string of the molecule is CCC(C)C(NC(=O)C(NC(=O)C(NC(=O)C(N)C(C)C)C(C)O)C(C)C)C(=O)O. The van der Waals surface area contributed by atoms with Gasteiger partial charge in [0.25, 0.3) is 0 Å². The monoisotopic (exact) mass is 430 g/mol. The number of carbonyl (C=O) groups is 4. The van der Waals surface area contributed by atoms with Gasteiger partial charge in [-0.3, -0.25) is 14.4 Å². The van der Waals surface area contributed by atoms with Crippen LogP contribution in [0.3, 0.4) is 0 Å². The van der Waals surface area contributed by atoms with E-state index in [4.69, 9.17) is 5.73 Å². The molecule has 0 aliphatic rings. The van der Waals surface area contributed by atoms with E-state index in [0.29, 0.717) is 6.42 Å². The highest BCUT2D eigenvalue weighted by Crippen LogP contribution is 2.10. The van der Waals surface area contributed by atoms with Crippen molar-refractivity contribution >= 4 is 23.7 Å². The van der Waals surface area contributed by atoms with Gasteiger partial charge >= 0.3 is 5.97 Å². The van der Waals surface area contributed by atoms with Crippen molar-refractivity contribution in [1.82, 2.24) is 16.0 Å². The van der Waals surface area contributed by atoms with Gasteiger partial charge in [-0.25, -0.2) is 4.79 Å². The fraction of sp³-hybridized carbons (Fsp3) is 0.800. The zero-order valence-corrected chi connectivity index (χ0v) is 18.9. The van der Waals surface area contributed by atoms with Crippen LogP contribution >= 0.6 is 0 Å². The molecule has 3 amide bonds. The Hall–Kier alpha value is -2.20. The molecule has 10 nitrogen and oxygen atoms in total. The molecule has 0 aromatic rings. The van der Waals surface area contributed by atoms with Crippen molar-refractivity contribution in [2.75, 3.05) is 0 Å². The minimum Gasteiger partial charge on any atom is -0.480 e. The number of nitrogens with two attached hydrogens (primary N) is 1. The van der Waals surface area contributed by atoms with E-state index in [2.05, 4.69) is 16.0 Å². The predicted molar refractivity (Wildman–Crippen MR) is 112 cm³/mol. The first-order valence-corrected chi connectivity index (χ1v) is 10.3. The number of carboxylic acid groups (broad SMARTS) is 1. The molecule has 0 aromatic heterocycles. The molecule has 0 aliphatic carbocycles. The van der Waals surface area contributed by atoms with Crippen LogP contribution < -0.4 is 21.7 Å². The molecule has 0 aliphatic heterocycles. The van der Waals surface area contributed by atoms with Gasteiger partial charge in [0.1, 0.15) is 18.1 Å². The first-order chi connectivity index (χ1) is 13.7. The molecule has 10 heteroatoms. The van der Waals surface area contributed by atoms with Crippen LogP contribution in [-0.2, 0) is 19.2 Å². The predicted octanol–water partition coefficient (Wildman–Crippen LogP) is -0.408. The summed E-state index contributed by atoms with van der Waals surface area (Å²) in [6, 6.07) is -4.34. The van der Waals surface area contributed by atoms with Crippen LogP contribution in [0.4, 0.5) is 0 Å². The topological polar surface area (TPSA) is 171 Å². The van der Waals surface area contributed by atoms with Crippen molar-refractivity contribution in [3.63, 3.8) is 0 Å². The number of aliphatic carboxylic acids is 1. The first-order valence-electron chi connectivity index (χ1n) is 10.3. The summed E-state index contributed by atoms with van der Waals surface area (Å²) < 4.78 is 0. The lowest BCUT2D eigenvalue weighted by Crippen LogP contribution is -2.61. The zero-order chi connectivity index (χ0) is 23.8. The van der Waals surface area contributed by atoms with Crippen molar-refractivity contribution in [2.24, 2.45) is 23.5 Å². The Morgan fingerprint density at radius 3 is 1.57 bits per heavy atom. The van der Waals surface area contributed by atoms with Gasteiger partial charge in [-0.2, -0.15) is 0 Å². The van der Waals surface area contributed by atoms with E-state index in [1.807, 2.05) is 6.92 Å². The molecule has 0 saturated heterocycles. The second-order valence-electron chi connectivity index (χ2n) is 8.44. The lowest BCUT2D eigenvalue weighted by Gasteiger charge is -2.29. The lowest BCUT2D eigenvalue weighted by atomic mass is 9.97. The molecule has 0 heterocycles. The third-order valence-electron chi connectivity index (χ3n) is 5.11. The van der Waals surface area contributed by atoms with Crippen LogP contribution in [0, 0.1) is 17.8 Å². The van der Waals surface area contributed by atoms with Crippen molar-refractivity contribution < 1.29 is 29.4 Å². The van der Waals surface area contributed by atoms with Crippen molar-refractivity contribution in [3.05, 3.63) is 0 Å². The molecule has 0 bridgehead atoms. The summed E-state index contributed by atoms with van der Waals surface area (Å²) in [5.41, 5.74) is 5.79. The van der Waals surface area contributed by atoms with Gasteiger partial charge in [0.05, 0.1) is 12.1 Å². The fourth-order valence-electron chi connectivity index (χ4n) is 2.66. The number of aliphatic hydroxyl groups excluding tert-OH is 1. The van der Waals surface area contributed by atoms with Gasteiger partial charge in [0, 0.05) is 0 Å². The number of aliphatic hydroxyl groups is 1. The second kappa shape index (κ2) is 12.5. The van der Waals surface area contributed by atoms with Gasteiger partial charge in [0.15, 0.2) is 0 Å². The molecule has 7 N–H and O–H groups in total. The molecule has 0 rings (SSSR count). The van der Waals surface area contributed by atoms with Gasteiger partial charge in [0.2, 0.25) is 17.7 Å². The second-order valence-corrected chi connectivity index (χ2v) is 8.44. The summed E-state index contributed by atoms with van der Waals surface area (Å²) in [6.07, 6.45) is -0.696. The van der Waals surface area contributed by atoms with Crippen LogP contribution in [0.5, 0.6) is 0 Å². The van der Waals surface area contributed by atoms with E-state index in [1.165, 1.54) is 6.92 Å². The number of carbonyl (C=O) groups excluding carboxylic acids is 3. The van der Waals surface area contributed by atoms with Crippen LogP contribution in [0.15, 0.2) is 0 Å². The van der Waals surface area contributed by atoms with E-state index in [1.54, 1.807) is 34.6 Å². The number of hydrogen-bond donors (Lipinski definition) is 6. The maximum atomic E-state index is 12.7. The molecule has 0 radical (unpaired) electrons. The number of amides is 3. The summed E-state index contributed by atoms with van der Waals surface area (Å²) in [7, 11) is 0. The van der Waals surface area contributed by atoms with E-state index in [9.17, 15) is 29.4 Å². The molecular weight excluding hydrogens is 392 g/mol. The van der Waals surface area contributed by atoms with E-state index in [-0.39, 0.29) is 17.8 Å². The molecule has 0 saturated carbocycles. The minimum absolute atomic E-state index is 0.176. The number of nitrogens with one attached hydrogen (secondary N) is 3. The van der Waals surface area contributed by atoms with E-state index in [0.717, 1.165) is 0 Å². The van der Waals surface area contributed by atoms with Crippen LogP contribution in [0.1, 0.15) is 54.9 Å². The smallest absolute Gasteiger partial charge is 0.326 e. The number of carboxylic acids is 1. The third-order valence-corrected chi connectivity index (χ3v) is 5.11. The maximum absolute atomic E-state index is 12.7. The number of hydrogen-bond acceptors (Lipinski definition) is 6. The molecule has 0 aromatic carbocycles. The Bertz CT molecular complexity index is 608. The highest BCUT2D eigenvalue weighted by Gasteiger charge is 2.34. The normalized spacial score (nSPS) is 17.4. The summed E-state index contributed by atoms with van der Waals surface area (Å²) in [5.74, 6) is -4.03. The van der Waals surface area contributed by atoms with Crippen molar-refractivity contribution in [2.45, 2.75) is 85.2 Å². The zero-order valence-electron chi connectivity index (χ0n) is 18.9. The Morgan fingerprint density at radius 1 is 0.767 bits per heavy atom. The maximum Gasteiger partial charge on any atom is 0.326 e. The summed E-state index contributed by atoms with van der Waals surface area (Å²) >= 11 is 0. The van der Waals surface area contributed by atoms with Crippen molar-refractivity contribution in [1.29, 1.82) is 0 Å². The summed E-state index contributed by atoms with van der Waals surface area (Å²) in [6.45, 7) is 11.7. The Labute approximate surface area is 178 Å². The van der Waals surface area contributed by atoms with Gasteiger partial charge in [-0.1, -0.05) is 48.0 Å². The van der Waals surface area contributed by atoms with Gasteiger partial charge in [-0.15, -0.1) is 0 Å². The van der Waals surface area contributed by atoms with Gasteiger partial charge in [-0.05, 0) is 24.7 Å². The van der Waals surface area contributed by atoms with E-state index >= 15 is 0 Å². The Morgan fingerprint density at radius 2 is 1.20 bits per heavy atom. The summed E-state index contributed by atoms with van der Waals surface area (Å²) in [5, 5.41) is 26.8. The van der Waals surface area contributed by atoms with Crippen molar-refractivity contribution in [3.8, 4) is 0 Å². The number of rotatable bonds is 12. The summed E-state index contributed by atoms with van der Waals surface area (Å²) in [4.78, 5) is 49.1.